The van der Waals surface area contributed by atoms with E-state index in [0.29, 0.717) is 47.6 Å². The second kappa shape index (κ2) is 10.9. The van der Waals surface area contributed by atoms with Gasteiger partial charge in [0.2, 0.25) is 0 Å². The number of aryl methyl sites for hydroxylation is 1. The largest absolute Gasteiger partial charge is 0.380 e. The van der Waals surface area contributed by atoms with Crippen LogP contribution < -0.4 is 5.32 Å². The summed E-state index contributed by atoms with van der Waals surface area (Å²) in [4.78, 5) is 32.6. The number of thiophene rings is 1. The van der Waals surface area contributed by atoms with E-state index in [9.17, 15) is 9.59 Å². The summed E-state index contributed by atoms with van der Waals surface area (Å²) in [6.07, 6.45) is 2.52. The first-order chi connectivity index (χ1) is 14.5. The molecule has 1 N–H and O–H groups in total. The number of ether oxygens (including phenoxy) is 1. The van der Waals surface area contributed by atoms with Gasteiger partial charge in [-0.25, -0.2) is 0 Å². The molecule has 8 heteroatoms. The molecule has 1 aliphatic heterocycles. The maximum Gasteiger partial charge on any atom is 0.263 e. The molecule has 3 heterocycles. The maximum atomic E-state index is 12.7. The predicted octanol–water partition coefficient (Wildman–Crippen LogP) is 4.28. The Morgan fingerprint density at radius 3 is 2.67 bits per heavy atom. The molecular formula is C22H28ClN3O3S. The molecule has 2 aromatic heterocycles. The molecule has 2 amide bonds. The molecule has 0 aliphatic carbocycles. The Balaban J connectivity index is 1.62. The summed E-state index contributed by atoms with van der Waals surface area (Å²) in [5.74, 6) is 0.0508. The Hall–Kier alpha value is -1.96. The van der Waals surface area contributed by atoms with Gasteiger partial charge in [0.1, 0.15) is 0 Å². The number of nitrogens with zero attached hydrogens (tertiary/aromatic N) is 2. The molecule has 0 atom stereocenters. The highest BCUT2D eigenvalue weighted by Crippen LogP contribution is 2.31. The lowest BCUT2D eigenvalue weighted by molar-refractivity contribution is 0.0715. The number of nitrogens with one attached hydrogen (secondary N) is 1. The Morgan fingerprint density at radius 2 is 2.00 bits per heavy atom. The number of hydrogen-bond donors (Lipinski definition) is 1. The van der Waals surface area contributed by atoms with E-state index in [4.69, 9.17) is 21.3 Å². The van der Waals surface area contributed by atoms with Crippen LogP contribution in [0, 0.1) is 6.92 Å². The van der Waals surface area contributed by atoms with Crippen molar-refractivity contribution in [3.05, 3.63) is 50.4 Å². The summed E-state index contributed by atoms with van der Waals surface area (Å²) in [5.41, 5.74) is 2.33. The lowest BCUT2D eigenvalue weighted by Gasteiger charge is -2.32. The summed E-state index contributed by atoms with van der Waals surface area (Å²) in [5, 5.41) is 2.93. The highest BCUT2D eigenvalue weighted by atomic mass is 35.5. The first-order valence-corrected chi connectivity index (χ1v) is 11.6. The van der Waals surface area contributed by atoms with Gasteiger partial charge in [0.15, 0.2) is 0 Å². The minimum atomic E-state index is -0.121. The highest BCUT2D eigenvalue weighted by molar-refractivity contribution is 7.17. The van der Waals surface area contributed by atoms with Gasteiger partial charge < -0.3 is 15.0 Å². The first kappa shape index (κ1) is 22.7. The van der Waals surface area contributed by atoms with E-state index in [0.717, 1.165) is 30.7 Å². The van der Waals surface area contributed by atoms with Gasteiger partial charge in [0.05, 0.1) is 27.1 Å². The number of piperidine rings is 1. The van der Waals surface area contributed by atoms with Crippen LogP contribution in [0.5, 0.6) is 0 Å². The zero-order valence-corrected chi connectivity index (χ0v) is 19.0. The fraction of sp³-hybridized carbons (Fsp3) is 0.500. The quantitative estimate of drug-likeness (QED) is 0.610. The molecule has 1 fully saturated rings. The average Bonchev–Trinajstić information content (AvgIpc) is 3.19. The number of likely N-dealkylation sites (tertiary alicyclic amines) is 1. The molecule has 0 radical (unpaired) electrons. The fourth-order valence-corrected chi connectivity index (χ4v) is 4.61. The highest BCUT2D eigenvalue weighted by Gasteiger charge is 2.28. The molecule has 1 saturated heterocycles. The van der Waals surface area contributed by atoms with E-state index in [1.54, 1.807) is 12.1 Å². The third-order valence-electron chi connectivity index (χ3n) is 5.14. The Labute approximate surface area is 186 Å². The van der Waals surface area contributed by atoms with Gasteiger partial charge >= 0.3 is 0 Å². The van der Waals surface area contributed by atoms with Crippen molar-refractivity contribution >= 4 is 34.8 Å². The molecule has 0 spiro atoms. The Bertz CT molecular complexity index is 878. The van der Waals surface area contributed by atoms with Crippen LogP contribution in [0.4, 0.5) is 0 Å². The van der Waals surface area contributed by atoms with E-state index < -0.39 is 0 Å². The van der Waals surface area contributed by atoms with Crippen molar-refractivity contribution in [1.82, 2.24) is 15.2 Å². The van der Waals surface area contributed by atoms with Crippen molar-refractivity contribution < 1.29 is 14.3 Å². The van der Waals surface area contributed by atoms with E-state index in [1.165, 1.54) is 11.3 Å². The van der Waals surface area contributed by atoms with Crippen molar-refractivity contribution in [2.24, 2.45) is 0 Å². The molecule has 0 saturated carbocycles. The van der Waals surface area contributed by atoms with E-state index in [-0.39, 0.29) is 17.7 Å². The lowest BCUT2D eigenvalue weighted by Crippen LogP contribution is -2.38. The molecule has 2 aromatic rings. The first-order valence-electron chi connectivity index (χ1n) is 10.4. The number of halogens is 1. The van der Waals surface area contributed by atoms with Gasteiger partial charge in [-0.1, -0.05) is 18.5 Å². The summed E-state index contributed by atoms with van der Waals surface area (Å²) >= 11 is 7.27. The van der Waals surface area contributed by atoms with E-state index in [1.807, 2.05) is 24.0 Å². The number of carbonyl (C=O) groups excluding carboxylic acids is 2. The van der Waals surface area contributed by atoms with Gasteiger partial charge in [-0.15, -0.1) is 11.3 Å². The number of rotatable bonds is 8. The molecule has 30 heavy (non-hydrogen) atoms. The van der Waals surface area contributed by atoms with Gasteiger partial charge in [-0.2, -0.15) is 0 Å². The average molecular weight is 450 g/mol. The number of carbonyl (C=O) groups is 2. The molecule has 0 aromatic carbocycles. The minimum absolute atomic E-state index is 0.0209. The van der Waals surface area contributed by atoms with Crippen LogP contribution in [0.3, 0.4) is 0 Å². The smallest absolute Gasteiger partial charge is 0.263 e. The molecule has 1 aliphatic rings. The topological polar surface area (TPSA) is 71.5 Å². The minimum Gasteiger partial charge on any atom is -0.380 e. The standard InChI is InChI=1S/C22H28ClN3O3S/c1-3-13-29-14-10-24-21(27)17-5-4-15(2)25-20(17)16-8-11-26(12-9-16)22(28)18-6-7-19(23)30-18/h4-7,16H,3,8-14H2,1-2H3,(H,24,27). The monoisotopic (exact) mass is 449 g/mol. The van der Waals surface area contributed by atoms with Gasteiger partial charge in [0, 0.05) is 37.9 Å². The SMILES string of the molecule is CCCOCCNC(=O)c1ccc(C)nc1C1CCN(C(=O)c2ccc(Cl)s2)CC1. The molecule has 162 valence electrons. The van der Waals surface area contributed by atoms with Crippen LogP contribution in [0.2, 0.25) is 4.34 Å². The van der Waals surface area contributed by atoms with Crippen LogP contribution in [0.25, 0.3) is 0 Å². The molecular weight excluding hydrogens is 422 g/mol. The zero-order valence-electron chi connectivity index (χ0n) is 17.4. The van der Waals surface area contributed by atoms with E-state index in [2.05, 4.69) is 12.2 Å². The lowest BCUT2D eigenvalue weighted by atomic mass is 9.89. The third-order valence-corrected chi connectivity index (χ3v) is 6.36. The van der Waals surface area contributed by atoms with Crippen molar-refractivity contribution in [2.75, 3.05) is 32.8 Å². The number of aromatic nitrogens is 1. The number of amides is 2. The summed E-state index contributed by atoms with van der Waals surface area (Å²) in [7, 11) is 0. The van der Waals surface area contributed by atoms with Crippen molar-refractivity contribution in [2.45, 2.75) is 39.0 Å². The normalized spacial score (nSPS) is 14.7. The Morgan fingerprint density at radius 1 is 1.23 bits per heavy atom. The fourth-order valence-electron chi connectivity index (χ4n) is 3.60. The van der Waals surface area contributed by atoms with Gasteiger partial charge in [0.25, 0.3) is 11.8 Å². The second-order valence-corrected chi connectivity index (χ2v) is 9.14. The van der Waals surface area contributed by atoms with Crippen molar-refractivity contribution in [3.8, 4) is 0 Å². The zero-order chi connectivity index (χ0) is 21.5. The third kappa shape index (κ3) is 5.80. The maximum absolute atomic E-state index is 12.7. The second-order valence-electron chi connectivity index (χ2n) is 7.42. The van der Waals surface area contributed by atoms with Crippen molar-refractivity contribution in [1.29, 1.82) is 0 Å². The van der Waals surface area contributed by atoms with Crippen LogP contribution in [0.1, 0.15) is 63.5 Å². The Kier molecular flexibility index (Phi) is 8.24. The van der Waals surface area contributed by atoms with E-state index >= 15 is 0 Å². The molecule has 0 unspecified atom stereocenters. The van der Waals surface area contributed by atoms with Crippen LogP contribution in [-0.4, -0.2) is 54.5 Å². The van der Waals surface area contributed by atoms with Crippen LogP contribution in [0.15, 0.2) is 24.3 Å². The summed E-state index contributed by atoms with van der Waals surface area (Å²) < 4.78 is 6.05. The predicted molar refractivity (Wildman–Crippen MR) is 120 cm³/mol. The summed E-state index contributed by atoms with van der Waals surface area (Å²) in [6.45, 7) is 6.94. The molecule has 6 nitrogen and oxygen atoms in total. The molecule has 3 rings (SSSR count). The number of hydrogen-bond acceptors (Lipinski definition) is 5. The van der Waals surface area contributed by atoms with Gasteiger partial charge in [-0.3, -0.25) is 14.6 Å². The summed E-state index contributed by atoms with van der Waals surface area (Å²) in [6, 6.07) is 7.24. The molecule has 0 bridgehead atoms. The van der Waals surface area contributed by atoms with Crippen LogP contribution >= 0.6 is 22.9 Å². The van der Waals surface area contributed by atoms with Crippen LogP contribution in [-0.2, 0) is 4.74 Å². The van der Waals surface area contributed by atoms with Gasteiger partial charge in [-0.05, 0) is 50.5 Å². The van der Waals surface area contributed by atoms with Crippen molar-refractivity contribution in [3.63, 3.8) is 0 Å². The number of pyridine rings is 1.